The maximum Gasteiger partial charge on any atom is 0.349 e. The van der Waals surface area contributed by atoms with Gasteiger partial charge in [0.15, 0.2) is 23.3 Å². The number of likely N-dealkylation sites (N-methyl/N-ethyl adjacent to an activating group) is 1. The summed E-state index contributed by atoms with van der Waals surface area (Å²) in [6.45, 7) is 4.82. The molecule has 3 N–H and O–H groups in total. The molecule has 4 rings (SSSR count). The second kappa shape index (κ2) is 12.7. The molecule has 1 aromatic heterocycles. The zero-order valence-electron chi connectivity index (χ0n) is 22.4. The summed E-state index contributed by atoms with van der Waals surface area (Å²) in [4.78, 5) is 38.5. The first-order chi connectivity index (χ1) is 19.1. The van der Waals surface area contributed by atoms with Gasteiger partial charge in [0.25, 0.3) is 5.91 Å². The number of anilines is 1. The molecule has 1 amide bonds. The molecule has 40 heavy (non-hydrogen) atoms. The van der Waals surface area contributed by atoms with Crippen LogP contribution in [0.5, 0.6) is 11.5 Å². The van der Waals surface area contributed by atoms with Gasteiger partial charge in [0.1, 0.15) is 10.8 Å². The number of hydrogen-bond donors (Lipinski definition) is 3. The van der Waals surface area contributed by atoms with Crippen molar-refractivity contribution in [3.8, 4) is 21.9 Å². The van der Waals surface area contributed by atoms with Crippen LogP contribution in [0.1, 0.15) is 33.6 Å². The van der Waals surface area contributed by atoms with E-state index in [1.165, 1.54) is 0 Å². The van der Waals surface area contributed by atoms with Gasteiger partial charge in [-0.3, -0.25) is 4.79 Å². The van der Waals surface area contributed by atoms with Gasteiger partial charge in [0, 0.05) is 18.7 Å². The van der Waals surface area contributed by atoms with Crippen LogP contribution in [0.3, 0.4) is 0 Å². The number of carbonyl (C=O) groups is 3. The van der Waals surface area contributed by atoms with E-state index in [2.05, 4.69) is 5.32 Å². The number of aromatic carboxylic acids is 1. The molecule has 2 heterocycles. The van der Waals surface area contributed by atoms with Crippen molar-refractivity contribution in [1.82, 2.24) is 5.32 Å². The standard InChI is InChI=1S/C29H31ClN2O7S/c1-16-7-8-21(17(2)13-16)32(3)28(35)24(18-9-11-31-12-10-18)39-20-6-4-5-19(14-20)26-23(30)25(38-15-22(33)34)27(40-26)29(36)37/h4-8,13-14,18,24,31H,9-12,15H2,1-3H3,(H,33,34)(H,36,37). The van der Waals surface area contributed by atoms with Crippen LogP contribution in [0.25, 0.3) is 10.4 Å². The van der Waals surface area contributed by atoms with E-state index in [1.807, 2.05) is 32.0 Å². The van der Waals surface area contributed by atoms with Crippen molar-refractivity contribution in [2.45, 2.75) is 32.8 Å². The Morgan fingerprint density at radius 3 is 2.50 bits per heavy atom. The molecule has 2 aromatic carbocycles. The van der Waals surface area contributed by atoms with Crippen molar-refractivity contribution >= 4 is 46.5 Å². The highest BCUT2D eigenvalue weighted by Crippen LogP contribution is 2.46. The average molecular weight is 587 g/mol. The molecule has 0 radical (unpaired) electrons. The summed E-state index contributed by atoms with van der Waals surface area (Å²) in [5, 5.41) is 21.9. The number of rotatable bonds is 10. The lowest BCUT2D eigenvalue weighted by atomic mass is 9.91. The van der Waals surface area contributed by atoms with E-state index >= 15 is 0 Å². The number of halogens is 1. The van der Waals surface area contributed by atoms with Gasteiger partial charge in [-0.1, -0.05) is 41.4 Å². The van der Waals surface area contributed by atoms with Gasteiger partial charge in [0.2, 0.25) is 0 Å². The van der Waals surface area contributed by atoms with Gasteiger partial charge in [-0.15, -0.1) is 11.3 Å². The number of nitrogens with one attached hydrogen (secondary N) is 1. The maximum absolute atomic E-state index is 13.9. The normalized spacial score (nSPS) is 14.4. The van der Waals surface area contributed by atoms with Gasteiger partial charge in [-0.2, -0.15) is 0 Å². The fourth-order valence-corrected chi connectivity index (χ4v) is 6.23. The molecule has 1 aliphatic rings. The summed E-state index contributed by atoms with van der Waals surface area (Å²) in [5.41, 5.74) is 3.47. The molecule has 0 aliphatic carbocycles. The van der Waals surface area contributed by atoms with Crippen LogP contribution in [0, 0.1) is 19.8 Å². The van der Waals surface area contributed by atoms with Gasteiger partial charge < -0.3 is 29.9 Å². The Morgan fingerprint density at radius 2 is 1.85 bits per heavy atom. The highest BCUT2D eigenvalue weighted by atomic mass is 35.5. The van der Waals surface area contributed by atoms with E-state index in [9.17, 15) is 19.5 Å². The van der Waals surface area contributed by atoms with E-state index in [0.29, 0.717) is 16.2 Å². The van der Waals surface area contributed by atoms with Crippen molar-refractivity contribution < 1.29 is 34.1 Å². The Morgan fingerprint density at radius 1 is 1.12 bits per heavy atom. The topological polar surface area (TPSA) is 125 Å². The Labute approximate surface area is 241 Å². The zero-order chi connectivity index (χ0) is 29.0. The monoisotopic (exact) mass is 586 g/mol. The number of carbonyl (C=O) groups excluding carboxylic acids is 1. The minimum absolute atomic E-state index is 0.00126. The molecule has 11 heteroatoms. The lowest BCUT2D eigenvalue weighted by Gasteiger charge is -2.33. The number of nitrogens with zero attached hydrogens (tertiary/aromatic N) is 1. The molecule has 1 aliphatic heterocycles. The number of ether oxygens (including phenoxy) is 2. The van der Waals surface area contributed by atoms with Crippen LogP contribution in [-0.2, 0) is 9.59 Å². The minimum atomic E-state index is -1.28. The summed E-state index contributed by atoms with van der Waals surface area (Å²) in [6.07, 6.45) is 0.811. The molecule has 9 nitrogen and oxygen atoms in total. The number of thiophene rings is 1. The highest BCUT2D eigenvalue weighted by molar-refractivity contribution is 7.18. The summed E-state index contributed by atoms with van der Waals surface area (Å²) in [5.74, 6) is -2.47. The van der Waals surface area contributed by atoms with Crippen molar-refractivity contribution in [3.05, 3.63) is 63.5 Å². The summed E-state index contributed by atoms with van der Waals surface area (Å²) >= 11 is 7.36. The Bertz CT molecular complexity index is 1420. The van der Waals surface area contributed by atoms with Gasteiger partial charge >= 0.3 is 11.9 Å². The fraction of sp³-hybridized carbons (Fsp3) is 0.345. The molecule has 3 aromatic rings. The van der Waals surface area contributed by atoms with Crippen molar-refractivity contribution in [3.63, 3.8) is 0 Å². The van der Waals surface area contributed by atoms with Crippen LogP contribution in [-0.4, -0.2) is 60.9 Å². The number of hydrogen-bond acceptors (Lipinski definition) is 7. The molecule has 1 atom stereocenters. The smallest absolute Gasteiger partial charge is 0.349 e. The second-order valence-corrected chi connectivity index (χ2v) is 11.1. The summed E-state index contributed by atoms with van der Waals surface area (Å²) in [6, 6.07) is 12.9. The summed E-state index contributed by atoms with van der Waals surface area (Å²) < 4.78 is 11.6. The van der Waals surface area contributed by atoms with Gasteiger partial charge in [-0.25, -0.2) is 9.59 Å². The Balaban J connectivity index is 1.66. The predicted molar refractivity (Wildman–Crippen MR) is 154 cm³/mol. The lowest BCUT2D eigenvalue weighted by Crippen LogP contribution is -2.47. The van der Waals surface area contributed by atoms with Crippen LogP contribution in [0.15, 0.2) is 42.5 Å². The minimum Gasteiger partial charge on any atom is -0.480 e. The van der Waals surface area contributed by atoms with Crippen molar-refractivity contribution in [2.24, 2.45) is 5.92 Å². The van der Waals surface area contributed by atoms with Gasteiger partial charge in [-0.05, 0) is 69.1 Å². The van der Waals surface area contributed by atoms with E-state index < -0.39 is 24.6 Å². The second-order valence-electron chi connectivity index (χ2n) is 9.73. The number of amides is 1. The molecule has 0 spiro atoms. The van der Waals surface area contributed by atoms with Crippen LogP contribution in [0.2, 0.25) is 5.02 Å². The van der Waals surface area contributed by atoms with Crippen molar-refractivity contribution in [1.29, 1.82) is 0 Å². The first-order valence-electron chi connectivity index (χ1n) is 12.8. The number of carboxylic acids is 2. The Kier molecular flexibility index (Phi) is 9.34. The summed E-state index contributed by atoms with van der Waals surface area (Å²) in [7, 11) is 1.76. The largest absolute Gasteiger partial charge is 0.480 e. The molecule has 0 saturated carbocycles. The highest BCUT2D eigenvalue weighted by Gasteiger charge is 2.34. The van der Waals surface area contributed by atoms with Crippen LogP contribution < -0.4 is 19.7 Å². The Hall–Kier alpha value is -3.60. The average Bonchev–Trinajstić information content (AvgIpc) is 3.26. The lowest BCUT2D eigenvalue weighted by molar-refractivity contribution is -0.139. The molecule has 0 bridgehead atoms. The number of benzene rings is 2. The third-order valence-electron chi connectivity index (χ3n) is 6.80. The number of carboxylic acid groups (broad SMARTS) is 2. The molecule has 1 saturated heterocycles. The van der Waals surface area contributed by atoms with Crippen molar-refractivity contribution in [2.75, 3.05) is 31.6 Å². The molecule has 1 unspecified atom stereocenters. The van der Waals surface area contributed by atoms with E-state index in [0.717, 1.165) is 54.1 Å². The molecule has 212 valence electrons. The van der Waals surface area contributed by atoms with E-state index in [1.54, 1.807) is 36.2 Å². The number of aryl methyl sites for hydroxylation is 2. The zero-order valence-corrected chi connectivity index (χ0v) is 24.0. The molecule has 1 fully saturated rings. The van der Waals surface area contributed by atoms with E-state index in [4.69, 9.17) is 26.2 Å². The molecular weight excluding hydrogens is 556 g/mol. The van der Waals surface area contributed by atoms with Gasteiger partial charge in [0.05, 0.1) is 4.88 Å². The third kappa shape index (κ3) is 6.57. The first kappa shape index (κ1) is 29.4. The first-order valence-corrected chi connectivity index (χ1v) is 14.0. The fourth-order valence-electron chi connectivity index (χ4n) is 4.83. The van der Waals surface area contributed by atoms with Crippen LogP contribution in [0.4, 0.5) is 5.69 Å². The quantitative estimate of drug-likeness (QED) is 0.294. The van der Waals surface area contributed by atoms with Crippen LogP contribution >= 0.6 is 22.9 Å². The third-order valence-corrected chi connectivity index (χ3v) is 8.48. The van der Waals surface area contributed by atoms with E-state index in [-0.39, 0.29) is 27.5 Å². The molecular formula is C29H31ClN2O7S. The maximum atomic E-state index is 13.9. The SMILES string of the molecule is Cc1ccc(N(C)C(=O)C(Oc2cccc(-c3sc(C(=O)O)c(OCC(=O)O)c3Cl)c2)C2CCNCC2)c(C)c1. The number of piperidine rings is 1. The predicted octanol–water partition coefficient (Wildman–Crippen LogP) is 5.26. The number of aliphatic carboxylic acids is 1.